The van der Waals surface area contributed by atoms with Gasteiger partial charge in [-0.1, -0.05) is 18.2 Å². The van der Waals surface area contributed by atoms with Gasteiger partial charge in [0, 0.05) is 11.3 Å². The van der Waals surface area contributed by atoms with Crippen molar-refractivity contribution in [1.29, 1.82) is 0 Å². The van der Waals surface area contributed by atoms with Crippen LogP contribution < -0.4 is 5.32 Å². The number of rotatable bonds is 3. The van der Waals surface area contributed by atoms with Crippen molar-refractivity contribution in [3.05, 3.63) is 41.5 Å². The molecule has 0 heterocycles. The van der Waals surface area contributed by atoms with Crippen LogP contribution in [0.4, 0.5) is 5.69 Å². The fourth-order valence-electron chi connectivity index (χ4n) is 1.11. The van der Waals surface area contributed by atoms with Crippen LogP contribution >= 0.6 is 0 Å². The molecule has 0 aliphatic rings. The van der Waals surface area contributed by atoms with Crippen LogP contribution in [0.3, 0.4) is 0 Å². The largest absolute Gasteiger partial charge is 0.392 e. The van der Waals surface area contributed by atoms with Gasteiger partial charge in [-0.25, -0.2) is 0 Å². The van der Waals surface area contributed by atoms with E-state index in [-0.39, 0.29) is 12.5 Å². The number of aliphatic hydroxyl groups excluding tert-OH is 1. The standard InChI is InChI=1S/C12H15NO2/c1-3-9(2)12(15)13-11-6-4-5-10(7-11)8-14/h3-7,14H,8H2,1-2H3,(H,13,15)/b9-3-. The molecule has 0 radical (unpaired) electrons. The number of nitrogens with one attached hydrogen (secondary N) is 1. The second-order valence-corrected chi connectivity index (χ2v) is 3.28. The van der Waals surface area contributed by atoms with Crippen molar-refractivity contribution < 1.29 is 9.90 Å². The average Bonchev–Trinajstić information content (AvgIpc) is 2.28. The number of amides is 1. The number of carbonyl (C=O) groups excluding carboxylic acids is 1. The summed E-state index contributed by atoms with van der Waals surface area (Å²) in [5, 5.41) is 11.7. The first-order chi connectivity index (χ1) is 7.17. The van der Waals surface area contributed by atoms with Crippen molar-refractivity contribution in [2.45, 2.75) is 20.5 Å². The average molecular weight is 205 g/mol. The Balaban J connectivity index is 2.76. The molecule has 0 bridgehead atoms. The summed E-state index contributed by atoms with van der Waals surface area (Å²) in [6.45, 7) is 3.55. The van der Waals surface area contributed by atoms with Crippen LogP contribution in [0.25, 0.3) is 0 Å². The lowest BCUT2D eigenvalue weighted by molar-refractivity contribution is -0.112. The van der Waals surface area contributed by atoms with Gasteiger partial charge in [0.05, 0.1) is 6.61 Å². The molecule has 2 N–H and O–H groups in total. The van der Waals surface area contributed by atoms with E-state index >= 15 is 0 Å². The Bertz CT molecular complexity index is 383. The number of hydrogen-bond acceptors (Lipinski definition) is 2. The first-order valence-electron chi connectivity index (χ1n) is 4.81. The van der Waals surface area contributed by atoms with Gasteiger partial charge in [0.25, 0.3) is 5.91 Å². The Labute approximate surface area is 89.4 Å². The van der Waals surface area contributed by atoms with Gasteiger partial charge in [0.2, 0.25) is 0 Å². The smallest absolute Gasteiger partial charge is 0.250 e. The zero-order chi connectivity index (χ0) is 11.3. The Morgan fingerprint density at radius 3 is 2.87 bits per heavy atom. The van der Waals surface area contributed by atoms with Crippen LogP contribution in [0.15, 0.2) is 35.9 Å². The number of allylic oxidation sites excluding steroid dienone is 1. The van der Waals surface area contributed by atoms with E-state index in [0.29, 0.717) is 11.3 Å². The predicted molar refractivity (Wildman–Crippen MR) is 60.4 cm³/mol. The molecular formula is C12H15NO2. The number of hydrogen-bond donors (Lipinski definition) is 2. The third-order valence-corrected chi connectivity index (χ3v) is 2.16. The lowest BCUT2D eigenvalue weighted by atomic mass is 10.2. The van der Waals surface area contributed by atoms with E-state index in [1.807, 2.05) is 6.92 Å². The molecule has 0 aliphatic carbocycles. The van der Waals surface area contributed by atoms with Crippen molar-refractivity contribution in [1.82, 2.24) is 0 Å². The number of benzene rings is 1. The minimum atomic E-state index is -0.118. The van der Waals surface area contributed by atoms with Gasteiger partial charge in [-0.2, -0.15) is 0 Å². The van der Waals surface area contributed by atoms with Crippen LogP contribution in [-0.4, -0.2) is 11.0 Å². The van der Waals surface area contributed by atoms with E-state index in [0.717, 1.165) is 5.56 Å². The summed E-state index contributed by atoms with van der Waals surface area (Å²) in [5.41, 5.74) is 2.16. The molecule has 1 rings (SSSR count). The minimum Gasteiger partial charge on any atom is -0.392 e. The fourth-order valence-corrected chi connectivity index (χ4v) is 1.11. The van der Waals surface area contributed by atoms with Gasteiger partial charge >= 0.3 is 0 Å². The maximum Gasteiger partial charge on any atom is 0.250 e. The van der Waals surface area contributed by atoms with Crippen LogP contribution in [-0.2, 0) is 11.4 Å². The van der Waals surface area contributed by atoms with Gasteiger partial charge in [-0.05, 0) is 31.5 Å². The second-order valence-electron chi connectivity index (χ2n) is 3.28. The third-order valence-electron chi connectivity index (χ3n) is 2.16. The molecule has 80 valence electrons. The molecular weight excluding hydrogens is 190 g/mol. The van der Waals surface area contributed by atoms with E-state index in [4.69, 9.17) is 5.11 Å². The van der Waals surface area contributed by atoms with Crippen LogP contribution in [0.5, 0.6) is 0 Å². The van der Waals surface area contributed by atoms with Crippen molar-refractivity contribution in [3.8, 4) is 0 Å². The van der Waals surface area contributed by atoms with E-state index in [1.54, 1.807) is 37.3 Å². The van der Waals surface area contributed by atoms with Crippen LogP contribution in [0.1, 0.15) is 19.4 Å². The SMILES string of the molecule is C/C=C(/C)C(=O)Nc1cccc(CO)c1. The highest BCUT2D eigenvalue weighted by Gasteiger charge is 2.03. The molecule has 0 saturated heterocycles. The zero-order valence-electron chi connectivity index (χ0n) is 8.95. The first kappa shape index (κ1) is 11.5. The molecule has 0 spiro atoms. The quantitative estimate of drug-likeness (QED) is 0.742. The molecule has 0 saturated carbocycles. The van der Waals surface area contributed by atoms with E-state index < -0.39 is 0 Å². The van der Waals surface area contributed by atoms with Crippen molar-refractivity contribution in [2.75, 3.05) is 5.32 Å². The van der Waals surface area contributed by atoms with E-state index in [2.05, 4.69) is 5.32 Å². The predicted octanol–water partition coefficient (Wildman–Crippen LogP) is 2.08. The zero-order valence-corrected chi connectivity index (χ0v) is 8.95. The summed E-state index contributed by atoms with van der Waals surface area (Å²) < 4.78 is 0. The number of carbonyl (C=O) groups is 1. The Hall–Kier alpha value is -1.61. The number of aliphatic hydroxyl groups is 1. The van der Waals surface area contributed by atoms with Gasteiger partial charge in [-0.3, -0.25) is 4.79 Å². The Morgan fingerprint density at radius 1 is 1.53 bits per heavy atom. The molecule has 0 unspecified atom stereocenters. The monoisotopic (exact) mass is 205 g/mol. The van der Waals surface area contributed by atoms with E-state index in [1.165, 1.54) is 0 Å². The van der Waals surface area contributed by atoms with Gasteiger partial charge in [0.15, 0.2) is 0 Å². The molecule has 3 heteroatoms. The summed E-state index contributed by atoms with van der Waals surface area (Å²) in [6.07, 6.45) is 1.76. The van der Waals surface area contributed by atoms with Gasteiger partial charge in [-0.15, -0.1) is 0 Å². The lowest BCUT2D eigenvalue weighted by Crippen LogP contribution is -2.12. The van der Waals surface area contributed by atoms with Crippen molar-refractivity contribution in [3.63, 3.8) is 0 Å². The molecule has 1 amide bonds. The molecule has 1 aromatic carbocycles. The first-order valence-corrected chi connectivity index (χ1v) is 4.81. The molecule has 3 nitrogen and oxygen atoms in total. The minimum absolute atomic E-state index is 0.0215. The number of anilines is 1. The molecule has 0 aromatic heterocycles. The highest BCUT2D eigenvalue weighted by Crippen LogP contribution is 2.11. The lowest BCUT2D eigenvalue weighted by Gasteiger charge is -2.06. The maximum atomic E-state index is 11.5. The van der Waals surface area contributed by atoms with Crippen molar-refractivity contribution in [2.24, 2.45) is 0 Å². The summed E-state index contributed by atoms with van der Waals surface area (Å²) >= 11 is 0. The summed E-state index contributed by atoms with van der Waals surface area (Å²) in [7, 11) is 0. The molecule has 0 atom stereocenters. The Kier molecular flexibility index (Phi) is 4.06. The second kappa shape index (κ2) is 5.32. The van der Waals surface area contributed by atoms with Crippen molar-refractivity contribution >= 4 is 11.6 Å². The van der Waals surface area contributed by atoms with Crippen LogP contribution in [0.2, 0.25) is 0 Å². The molecule has 0 fully saturated rings. The van der Waals surface area contributed by atoms with Gasteiger partial charge in [0.1, 0.15) is 0 Å². The highest BCUT2D eigenvalue weighted by atomic mass is 16.3. The molecule has 0 aliphatic heterocycles. The highest BCUT2D eigenvalue weighted by molar-refractivity contribution is 6.03. The topological polar surface area (TPSA) is 49.3 Å². The van der Waals surface area contributed by atoms with Gasteiger partial charge < -0.3 is 10.4 Å². The third kappa shape index (κ3) is 3.22. The maximum absolute atomic E-state index is 11.5. The summed E-state index contributed by atoms with van der Waals surface area (Å²) in [5.74, 6) is -0.118. The summed E-state index contributed by atoms with van der Waals surface area (Å²) in [4.78, 5) is 11.5. The van der Waals surface area contributed by atoms with E-state index in [9.17, 15) is 4.79 Å². The summed E-state index contributed by atoms with van der Waals surface area (Å²) in [6, 6.07) is 7.14. The van der Waals surface area contributed by atoms with Crippen LogP contribution in [0, 0.1) is 0 Å². The normalized spacial score (nSPS) is 11.3. The fraction of sp³-hybridized carbons (Fsp3) is 0.250. The Morgan fingerprint density at radius 2 is 2.27 bits per heavy atom. The molecule has 15 heavy (non-hydrogen) atoms. The molecule has 1 aromatic rings.